The summed E-state index contributed by atoms with van der Waals surface area (Å²) >= 11 is 0. The van der Waals surface area contributed by atoms with E-state index in [0.29, 0.717) is 11.0 Å². The Bertz CT molecular complexity index is 530. The molecule has 0 radical (unpaired) electrons. The normalized spacial score (nSPS) is 15.7. The quantitative estimate of drug-likeness (QED) is 0.826. The lowest BCUT2D eigenvalue weighted by Crippen LogP contribution is -2.41. The van der Waals surface area contributed by atoms with Gasteiger partial charge in [-0.3, -0.25) is 4.79 Å². The highest BCUT2D eigenvalue weighted by Crippen LogP contribution is 2.43. The number of aliphatic hydroxyl groups is 1. The van der Waals surface area contributed by atoms with E-state index in [1.54, 1.807) is 12.1 Å². The van der Waals surface area contributed by atoms with Crippen LogP contribution in [0.5, 0.6) is 0 Å². The second-order valence-corrected chi connectivity index (χ2v) is 5.43. The number of rotatable bonds is 4. The minimum Gasteiger partial charge on any atom is -0.384 e. The van der Waals surface area contributed by atoms with Gasteiger partial charge in [0.05, 0.1) is 0 Å². The van der Waals surface area contributed by atoms with Gasteiger partial charge in [-0.15, -0.1) is 0 Å². The van der Waals surface area contributed by atoms with Crippen molar-refractivity contribution < 1.29 is 9.90 Å². The molecule has 1 aromatic carbocycles. The molecule has 0 unspecified atom stereocenters. The molecule has 3 heteroatoms. The summed E-state index contributed by atoms with van der Waals surface area (Å²) in [5.74, 6) is 5.36. The van der Waals surface area contributed by atoms with Gasteiger partial charge in [-0.25, -0.2) is 0 Å². The monoisotopic (exact) mass is 271 g/mol. The Morgan fingerprint density at radius 3 is 2.85 bits per heavy atom. The maximum atomic E-state index is 12.2. The maximum Gasteiger partial charge on any atom is 0.251 e. The van der Waals surface area contributed by atoms with Gasteiger partial charge in [-0.05, 0) is 42.9 Å². The Kier molecular flexibility index (Phi) is 4.81. The topological polar surface area (TPSA) is 49.3 Å². The maximum absolute atomic E-state index is 12.2. The molecular formula is C17H21NO2. The smallest absolute Gasteiger partial charge is 0.251 e. The van der Waals surface area contributed by atoms with Gasteiger partial charge in [0.25, 0.3) is 5.91 Å². The Hall–Kier alpha value is -1.79. The molecule has 1 saturated carbocycles. The van der Waals surface area contributed by atoms with Gasteiger partial charge in [0, 0.05) is 17.7 Å². The number of hydrogen-bond donors (Lipinski definition) is 2. The summed E-state index contributed by atoms with van der Waals surface area (Å²) in [6.45, 7) is 2.78. The van der Waals surface area contributed by atoms with E-state index in [1.807, 2.05) is 12.1 Å². The molecule has 0 aromatic heterocycles. The van der Waals surface area contributed by atoms with Crippen LogP contribution < -0.4 is 5.32 Å². The van der Waals surface area contributed by atoms with Crippen LogP contribution in [0.25, 0.3) is 0 Å². The SMILES string of the molecule is CCC1(CNC(=O)c2cccc(C#CCO)c2)CCC1. The molecule has 0 aliphatic heterocycles. The molecule has 0 atom stereocenters. The van der Waals surface area contributed by atoms with Gasteiger partial charge in [0.2, 0.25) is 0 Å². The molecule has 106 valence electrons. The molecule has 2 N–H and O–H groups in total. The number of benzene rings is 1. The Morgan fingerprint density at radius 2 is 2.25 bits per heavy atom. The standard InChI is InChI=1S/C17H21NO2/c1-2-17(9-5-10-17)13-18-16(20)15-8-3-6-14(12-15)7-4-11-19/h3,6,8,12,19H,2,5,9-11,13H2,1H3,(H,18,20). The van der Waals surface area contributed by atoms with Crippen molar-refractivity contribution in [2.24, 2.45) is 5.41 Å². The fourth-order valence-corrected chi connectivity index (χ4v) is 2.58. The van der Waals surface area contributed by atoms with E-state index in [-0.39, 0.29) is 12.5 Å². The van der Waals surface area contributed by atoms with Gasteiger partial charge in [0.15, 0.2) is 0 Å². The highest BCUT2D eigenvalue weighted by atomic mass is 16.2. The summed E-state index contributed by atoms with van der Waals surface area (Å²) in [4.78, 5) is 12.2. The zero-order valence-electron chi connectivity index (χ0n) is 11.9. The molecule has 3 nitrogen and oxygen atoms in total. The van der Waals surface area contributed by atoms with Crippen molar-refractivity contribution in [1.82, 2.24) is 5.32 Å². The first-order valence-corrected chi connectivity index (χ1v) is 7.17. The van der Waals surface area contributed by atoms with E-state index in [0.717, 1.165) is 18.5 Å². The number of amides is 1. The molecule has 0 heterocycles. The zero-order valence-corrected chi connectivity index (χ0v) is 11.9. The first-order valence-electron chi connectivity index (χ1n) is 7.17. The second kappa shape index (κ2) is 6.58. The molecule has 1 aliphatic rings. The van der Waals surface area contributed by atoms with Gasteiger partial charge in [-0.1, -0.05) is 31.3 Å². The number of carbonyl (C=O) groups is 1. The van der Waals surface area contributed by atoms with E-state index in [4.69, 9.17) is 5.11 Å². The van der Waals surface area contributed by atoms with Crippen LogP contribution in [0.15, 0.2) is 24.3 Å². The Balaban J connectivity index is 1.98. The lowest BCUT2D eigenvalue weighted by Gasteiger charge is -2.41. The summed E-state index contributed by atoms with van der Waals surface area (Å²) < 4.78 is 0. The van der Waals surface area contributed by atoms with E-state index < -0.39 is 0 Å². The minimum absolute atomic E-state index is 0.0441. The van der Waals surface area contributed by atoms with Gasteiger partial charge >= 0.3 is 0 Å². The Labute approximate surface area is 120 Å². The molecule has 1 aliphatic carbocycles. The fourth-order valence-electron chi connectivity index (χ4n) is 2.58. The van der Waals surface area contributed by atoms with E-state index in [1.165, 1.54) is 19.3 Å². The van der Waals surface area contributed by atoms with Crippen molar-refractivity contribution in [3.05, 3.63) is 35.4 Å². The van der Waals surface area contributed by atoms with Crippen LogP contribution in [0.4, 0.5) is 0 Å². The molecule has 1 amide bonds. The summed E-state index contributed by atoms with van der Waals surface area (Å²) in [5, 5.41) is 11.7. The molecule has 1 aromatic rings. The summed E-state index contributed by atoms with van der Waals surface area (Å²) in [6.07, 6.45) is 4.82. The van der Waals surface area contributed by atoms with Crippen LogP contribution in [-0.2, 0) is 0 Å². The molecule has 1 fully saturated rings. The number of aliphatic hydroxyl groups excluding tert-OH is 1. The molecule has 0 saturated heterocycles. The third-order valence-electron chi connectivity index (χ3n) is 4.22. The summed E-state index contributed by atoms with van der Waals surface area (Å²) in [7, 11) is 0. The van der Waals surface area contributed by atoms with Crippen LogP contribution in [0.1, 0.15) is 48.5 Å². The summed E-state index contributed by atoms with van der Waals surface area (Å²) in [5.41, 5.74) is 1.70. The highest BCUT2D eigenvalue weighted by Gasteiger charge is 2.35. The van der Waals surface area contributed by atoms with Gasteiger partial charge in [-0.2, -0.15) is 0 Å². The van der Waals surface area contributed by atoms with Crippen LogP contribution in [0.2, 0.25) is 0 Å². The largest absolute Gasteiger partial charge is 0.384 e. The van der Waals surface area contributed by atoms with E-state index in [9.17, 15) is 4.79 Å². The van der Waals surface area contributed by atoms with Gasteiger partial charge < -0.3 is 10.4 Å². The van der Waals surface area contributed by atoms with E-state index in [2.05, 4.69) is 24.1 Å². The van der Waals surface area contributed by atoms with Crippen LogP contribution in [-0.4, -0.2) is 24.2 Å². The molecular weight excluding hydrogens is 250 g/mol. The zero-order chi connectivity index (χ0) is 14.4. The van der Waals surface area contributed by atoms with Crippen molar-refractivity contribution in [1.29, 1.82) is 0 Å². The predicted molar refractivity (Wildman–Crippen MR) is 79.3 cm³/mol. The minimum atomic E-state index is -0.171. The second-order valence-electron chi connectivity index (χ2n) is 5.43. The fraction of sp³-hybridized carbons (Fsp3) is 0.471. The van der Waals surface area contributed by atoms with Crippen LogP contribution >= 0.6 is 0 Å². The average Bonchev–Trinajstić information content (AvgIpc) is 2.44. The average molecular weight is 271 g/mol. The van der Waals surface area contributed by atoms with Crippen LogP contribution in [0, 0.1) is 17.3 Å². The molecule has 2 rings (SSSR count). The van der Waals surface area contributed by atoms with Crippen LogP contribution in [0.3, 0.4) is 0 Å². The Morgan fingerprint density at radius 1 is 1.45 bits per heavy atom. The highest BCUT2D eigenvalue weighted by molar-refractivity contribution is 5.94. The third kappa shape index (κ3) is 3.40. The lowest BCUT2D eigenvalue weighted by atomic mass is 9.67. The lowest BCUT2D eigenvalue weighted by molar-refractivity contribution is 0.0850. The predicted octanol–water partition coefficient (Wildman–Crippen LogP) is 2.34. The first kappa shape index (κ1) is 14.6. The van der Waals surface area contributed by atoms with Gasteiger partial charge in [0.1, 0.15) is 6.61 Å². The number of carbonyl (C=O) groups excluding carboxylic acids is 1. The van der Waals surface area contributed by atoms with Crippen molar-refractivity contribution in [3.8, 4) is 11.8 Å². The van der Waals surface area contributed by atoms with Crippen molar-refractivity contribution in [2.75, 3.05) is 13.2 Å². The van der Waals surface area contributed by atoms with Crippen molar-refractivity contribution >= 4 is 5.91 Å². The summed E-state index contributed by atoms with van der Waals surface area (Å²) in [6, 6.07) is 7.20. The first-order chi connectivity index (χ1) is 9.69. The third-order valence-corrected chi connectivity index (χ3v) is 4.22. The molecule has 20 heavy (non-hydrogen) atoms. The number of hydrogen-bond acceptors (Lipinski definition) is 2. The molecule has 0 bridgehead atoms. The van der Waals surface area contributed by atoms with Crippen molar-refractivity contribution in [3.63, 3.8) is 0 Å². The molecule has 0 spiro atoms. The van der Waals surface area contributed by atoms with Crippen molar-refractivity contribution in [2.45, 2.75) is 32.6 Å². The van der Waals surface area contributed by atoms with E-state index >= 15 is 0 Å². The number of nitrogens with one attached hydrogen (secondary N) is 1.